The number of aromatic nitrogens is 5. The zero-order valence-electron chi connectivity index (χ0n) is 21.9. The van der Waals surface area contributed by atoms with Gasteiger partial charge in [0.1, 0.15) is 22.9 Å². The van der Waals surface area contributed by atoms with Gasteiger partial charge in [0, 0.05) is 50.0 Å². The van der Waals surface area contributed by atoms with E-state index in [4.69, 9.17) is 16.3 Å². The summed E-state index contributed by atoms with van der Waals surface area (Å²) in [4.78, 5) is 37.2. The molecule has 3 aromatic heterocycles. The van der Waals surface area contributed by atoms with Gasteiger partial charge < -0.3 is 19.9 Å². The van der Waals surface area contributed by atoms with Crippen molar-refractivity contribution >= 4 is 40.5 Å². The number of nitrogens with zero attached hydrogens (tertiary/aromatic N) is 6. The van der Waals surface area contributed by atoms with Crippen molar-refractivity contribution in [3.63, 3.8) is 0 Å². The summed E-state index contributed by atoms with van der Waals surface area (Å²) in [5, 5.41) is 3.69. The van der Waals surface area contributed by atoms with Gasteiger partial charge in [-0.25, -0.2) is 24.7 Å². The Hall–Kier alpha value is -3.76. The van der Waals surface area contributed by atoms with Crippen molar-refractivity contribution < 1.29 is 9.53 Å². The second-order valence-corrected chi connectivity index (χ2v) is 10.7. The highest BCUT2D eigenvalue weighted by Crippen LogP contribution is 2.27. The molecule has 1 saturated heterocycles. The summed E-state index contributed by atoms with van der Waals surface area (Å²) in [6.07, 6.45) is 2.99. The second-order valence-electron chi connectivity index (χ2n) is 10.3. The second kappa shape index (κ2) is 10.5. The van der Waals surface area contributed by atoms with E-state index in [0.29, 0.717) is 30.0 Å². The van der Waals surface area contributed by atoms with Gasteiger partial charge in [-0.15, -0.1) is 0 Å². The molecule has 0 saturated carbocycles. The summed E-state index contributed by atoms with van der Waals surface area (Å²) in [5.41, 5.74) is 3.99. The number of anilines is 2. The van der Waals surface area contributed by atoms with Crippen molar-refractivity contribution in [2.45, 2.75) is 39.3 Å². The maximum Gasteiger partial charge on any atom is 0.410 e. The molecule has 1 aliphatic heterocycles. The Kier molecular flexibility index (Phi) is 7.18. The first-order chi connectivity index (χ1) is 18.1. The third kappa shape index (κ3) is 6.03. The first kappa shape index (κ1) is 25.9. The predicted molar refractivity (Wildman–Crippen MR) is 147 cm³/mol. The summed E-state index contributed by atoms with van der Waals surface area (Å²) in [6, 6.07) is 11.8. The van der Waals surface area contributed by atoms with Gasteiger partial charge in [0.2, 0.25) is 5.95 Å². The maximum absolute atomic E-state index is 12.4. The number of imidazole rings is 1. The number of fused-ring (bicyclic) bond motifs is 1. The first-order valence-corrected chi connectivity index (χ1v) is 12.9. The third-order valence-corrected chi connectivity index (χ3v) is 6.64. The normalized spacial score (nSPS) is 15.4. The predicted octanol–water partition coefficient (Wildman–Crippen LogP) is 5.43. The van der Waals surface area contributed by atoms with Crippen LogP contribution in [0.15, 0.2) is 48.9 Å². The van der Waals surface area contributed by atoms with E-state index >= 15 is 0 Å². The van der Waals surface area contributed by atoms with E-state index in [9.17, 15) is 4.79 Å². The molecule has 11 heteroatoms. The Labute approximate surface area is 226 Å². The van der Waals surface area contributed by atoms with Gasteiger partial charge >= 0.3 is 6.09 Å². The SMILES string of the molecule is CC(c1ccnc(Nc2nc3ccc(-c4cc(Cl)ncn4)cc3[nH]2)c1)N1CCN(C(=O)OC(C)(C)C)CC1. The summed E-state index contributed by atoms with van der Waals surface area (Å²) >= 11 is 6.02. The van der Waals surface area contributed by atoms with Crippen LogP contribution in [0.25, 0.3) is 22.3 Å². The molecule has 4 heterocycles. The molecule has 1 atom stereocenters. The third-order valence-electron chi connectivity index (χ3n) is 6.44. The molecule has 1 fully saturated rings. The highest BCUT2D eigenvalue weighted by atomic mass is 35.5. The van der Waals surface area contributed by atoms with Crippen molar-refractivity contribution in [2.24, 2.45) is 0 Å². The lowest BCUT2D eigenvalue weighted by atomic mass is 10.1. The van der Waals surface area contributed by atoms with Crippen molar-refractivity contribution in [2.75, 3.05) is 31.5 Å². The minimum absolute atomic E-state index is 0.164. The highest BCUT2D eigenvalue weighted by Gasteiger charge is 2.28. The molecule has 198 valence electrons. The number of H-pyrrole nitrogens is 1. The van der Waals surface area contributed by atoms with Crippen LogP contribution < -0.4 is 5.32 Å². The van der Waals surface area contributed by atoms with Crippen molar-refractivity contribution in [3.05, 3.63) is 59.6 Å². The minimum atomic E-state index is -0.491. The fourth-order valence-corrected chi connectivity index (χ4v) is 4.59. The number of amides is 1. The Balaban J connectivity index is 1.24. The molecule has 1 amide bonds. The minimum Gasteiger partial charge on any atom is -0.444 e. The van der Waals surface area contributed by atoms with Crippen LogP contribution in [-0.4, -0.2) is 72.6 Å². The molecule has 38 heavy (non-hydrogen) atoms. The van der Waals surface area contributed by atoms with Gasteiger partial charge in [0.25, 0.3) is 0 Å². The van der Waals surface area contributed by atoms with Gasteiger partial charge in [-0.2, -0.15) is 0 Å². The molecule has 0 spiro atoms. The van der Waals surface area contributed by atoms with E-state index in [1.807, 2.05) is 51.1 Å². The largest absolute Gasteiger partial charge is 0.444 e. The Bertz CT molecular complexity index is 1440. The number of benzene rings is 1. The molecule has 10 nitrogen and oxygen atoms in total. The molecule has 5 rings (SSSR count). The fourth-order valence-electron chi connectivity index (χ4n) is 4.45. The van der Waals surface area contributed by atoms with Gasteiger partial charge in [-0.05, 0) is 57.5 Å². The Morgan fingerprint density at radius 2 is 1.87 bits per heavy atom. The van der Waals surface area contributed by atoms with E-state index in [1.165, 1.54) is 6.33 Å². The van der Waals surface area contributed by atoms with Gasteiger partial charge in [0.05, 0.1) is 16.7 Å². The summed E-state index contributed by atoms with van der Waals surface area (Å²) in [6.45, 7) is 10.6. The van der Waals surface area contributed by atoms with Crippen LogP contribution in [0.1, 0.15) is 39.3 Å². The molecule has 4 aromatic rings. The van der Waals surface area contributed by atoms with Crippen LogP contribution >= 0.6 is 11.6 Å². The number of carbonyl (C=O) groups is 1. The molecule has 1 aliphatic rings. The average molecular weight is 535 g/mol. The Morgan fingerprint density at radius 1 is 1.08 bits per heavy atom. The molecular weight excluding hydrogens is 504 g/mol. The quantitative estimate of drug-likeness (QED) is 0.326. The van der Waals surface area contributed by atoms with E-state index in [-0.39, 0.29) is 12.1 Å². The summed E-state index contributed by atoms with van der Waals surface area (Å²) in [5.74, 6) is 1.30. The number of halogens is 1. The Morgan fingerprint density at radius 3 is 2.61 bits per heavy atom. The van der Waals surface area contributed by atoms with Crippen LogP contribution in [0.2, 0.25) is 5.15 Å². The number of hydrogen-bond donors (Lipinski definition) is 2. The van der Waals surface area contributed by atoms with Crippen LogP contribution in [-0.2, 0) is 4.74 Å². The maximum atomic E-state index is 12.4. The van der Waals surface area contributed by atoms with Crippen molar-refractivity contribution in [1.82, 2.24) is 34.7 Å². The number of piperazine rings is 1. The number of aromatic amines is 1. The zero-order valence-corrected chi connectivity index (χ0v) is 22.7. The van der Waals surface area contributed by atoms with Crippen LogP contribution in [0.5, 0.6) is 0 Å². The van der Waals surface area contributed by atoms with Crippen molar-refractivity contribution in [1.29, 1.82) is 0 Å². The fraction of sp³-hybridized carbons (Fsp3) is 0.370. The summed E-state index contributed by atoms with van der Waals surface area (Å²) in [7, 11) is 0. The molecule has 0 bridgehead atoms. The van der Waals surface area contributed by atoms with Crippen LogP contribution in [0, 0.1) is 0 Å². The number of hydrogen-bond acceptors (Lipinski definition) is 8. The lowest BCUT2D eigenvalue weighted by Gasteiger charge is -2.38. The number of rotatable bonds is 5. The first-order valence-electron chi connectivity index (χ1n) is 12.6. The molecule has 0 radical (unpaired) electrons. The van der Waals surface area contributed by atoms with E-state index in [0.717, 1.165) is 40.9 Å². The number of carbonyl (C=O) groups excluding carboxylic acids is 1. The van der Waals surface area contributed by atoms with Crippen LogP contribution in [0.3, 0.4) is 0 Å². The molecular formula is C27H31ClN8O2. The monoisotopic (exact) mass is 534 g/mol. The molecule has 1 unspecified atom stereocenters. The van der Waals surface area contributed by atoms with Crippen LogP contribution in [0.4, 0.5) is 16.6 Å². The zero-order chi connectivity index (χ0) is 26.9. The standard InChI is InChI=1S/C27H31ClN8O2/c1-17(35-9-11-36(12-10-35)26(37)38-27(2,3)4)18-7-8-29-24(14-18)34-25-32-20-6-5-19(13-22(20)33-25)21-15-23(28)31-16-30-21/h5-8,13-17H,9-12H2,1-4H3,(H2,29,32,33,34). The number of nitrogens with one attached hydrogen (secondary N) is 2. The number of ether oxygens (including phenoxy) is 1. The topological polar surface area (TPSA) is 112 Å². The van der Waals surface area contributed by atoms with Gasteiger partial charge in [0.15, 0.2) is 0 Å². The van der Waals surface area contributed by atoms with E-state index in [2.05, 4.69) is 42.1 Å². The average Bonchev–Trinajstić information content (AvgIpc) is 3.29. The lowest BCUT2D eigenvalue weighted by molar-refractivity contribution is 0.0110. The molecule has 0 aliphatic carbocycles. The molecule has 2 N–H and O–H groups in total. The van der Waals surface area contributed by atoms with Gasteiger partial charge in [-0.1, -0.05) is 17.7 Å². The summed E-state index contributed by atoms with van der Waals surface area (Å²) < 4.78 is 5.52. The smallest absolute Gasteiger partial charge is 0.410 e. The van der Waals surface area contributed by atoms with Crippen molar-refractivity contribution in [3.8, 4) is 11.3 Å². The molecule has 1 aromatic carbocycles. The van der Waals surface area contributed by atoms with Gasteiger partial charge in [-0.3, -0.25) is 4.90 Å². The van der Waals surface area contributed by atoms with E-state index < -0.39 is 5.60 Å². The van der Waals surface area contributed by atoms with E-state index in [1.54, 1.807) is 17.2 Å². The number of pyridine rings is 1. The highest BCUT2D eigenvalue weighted by molar-refractivity contribution is 6.29. The lowest BCUT2D eigenvalue weighted by Crippen LogP contribution is -2.50.